The third-order valence-corrected chi connectivity index (χ3v) is 5.97. The van der Waals surface area contributed by atoms with Gasteiger partial charge < -0.3 is 0 Å². The molecule has 1 heterocycles. The predicted octanol–water partition coefficient (Wildman–Crippen LogP) is 6.99. The van der Waals surface area contributed by atoms with Crippen LogP contribution in [0, 0.1) is 6.92 Å². The smallest absolute Gasteiger partial charge is 0.257 e. The number of thiazole rings is 1. The van der Waals surface area contributed by atoms with Gasteiger partial charge in [0.25, 0.3) is 5.91 Å². The standard InChI is InChI=1S/C26H24N2OS/c1-3-8-23-24(21-15-13-20(14-16-21)19-10-5-4-6-11-19)27-26(30-23)28-25(29)22-12-7-9-18(2)17-22/h4-7,9-17H,3,8H2,1-2H3,(H,27,28,29). The minimum Gasteiger partial charge on any atom is -0.298 e. The number of rotatable bonds is 6. The van der Waals surface area contributed by atoms with Crippen molar-refractivity contribution in [2.75, 3.05) is 5.32 Å². The van der Waals surface area contributed by atoms with Gasteiger partial charge in [-0.1, -0.05) is 85.6 Å². The maximum Gasteiger partial charge on any atom is 0.257 e. The fourth-order valence-corrected chi connectivity index (χ4v) is 4.51. The number of amides is 1. The van der Waals surface area contributed by atoms with E-state index in [1.54, 1.807) is 11.3 Å². The van der Waals surface area contributed by atoms with Crippen molar-refractivity contribution in [1.82, 2.24) is 4.98 Å². The van der Waals surface area contributed by atoms with Gasteiger partial charge in [0, 0.05) is 16.0 Å². The van der Waals surface area contributed by atoms with Crippen molar-refractivity contribution in [2.24, 2.45) is 0 Å². The Labute approximate surface area is 181 Å². The molecule has 1 aromatic heterocycles. The molecule has 3 aromatic carbocycles. The number of hydrogen-bond donors (Lipinski definition) is 1. The number of hydrogen-bond acceptors (Lipinski definition) is 3. The summed E-state index contributed by atoms with van der Waals surface area (Å²) in [5.74, 6) is -0.124. The lowest BCUT2D eigenvalue weighted by atomic mass is 10.0. The first kappa shape index (κ1) is 20.0. The van der Waals surface area contributed by atoms with Crippen LogP contribution in [0.3, 0.4) is 0 Å². The summed E-state index contributed by atoms with van der Waals surface area (Å²) in [7, 11) is 0. The van der Waals surface area contributed by atoms with Gasteiger partial charge in [0.15, 0.2) is 5.13 Å². The van der Waals surface area contributed by atoms with Crippen LogP contribution in [0.1, 0.15) is 34.1 Å². The topological polar surface area (TPSA) is 42.0 Å². The van der Waals surface area contributed by atoms with Gasteiger partial charge in [0.2, 0.25) is 0 Å². The first-order valence-corrected chi connectivity index (χ1v) is 11.0. The Morgan fingerprint density at radius 2 is 1.60 bits per heavy atom. The Morgan fingerprint density at radius 1 is 0.900 bits per heavy atom. The van der Waals surface area contributed by atoms with Gasteiger partial charge in [0.05, 0.1) is 5.69 Å². The highest BCUT2D eigenvalue weighted by Crippen LogP contribution is 2.33. The van der Waals surface area contributed by atoms with Crippen LogP contribution in [0.5, 0.6) is 0 Å². The zero-order valence-electron chi connectivity index (χ0n) is 17.2. The maximum absolute atomic E-state index is 12.6. The Kier molecular flexibility index (Phi) is 6.05. The molecule has 0 saturated heterocycles. The van der Waals surface area contributed by atoms with Crippen molar-refractivity contribution in [3.63, 3.8) is 0 Å². The van der Waals surface area contributed by atoms with Crippen LogP contribution in [0.2, 0.25) is 0 Å². The average Bonchev–Trinajstić information content (AvgIpc) is 3.17. The summed E-state index contributed by atoms with van der Waals surface area (Å²) in [5.41, 5.74) is 6.12. The summed E-state index contributed by atoms with van der Waals surface area (Å²) in [6, 6.07) is 26.4. The van der Waals surface area contributed by atoms with Crippen molar-refractivity contribution in [2.45, 2.75) is 26.7 Å². The van der Waals surface area contributed by atoms with E-state index >= 15 is 0 Å². The lowest BCUT2D eigenvalue weighted by molar-refractivity contribution is 0.102. The molecule has 0 unspecified atom stereocenters. The molecule has 1 amide bonds. The summed E-state index contributed by atoms with van der Waals surface area (Å²) < 4.78 is 0. The lowest BCUT2D eigenvalue weighted by Gasteiger charge is -2.05. The molecule has 0 saturated carbocycles. The second kappa shape index (κ2) is 9.06. The Bertz CT molecular complexity index is 1150. The van der Waals surface area contributed by atoms with Gasteiger partial charge in [-0.25, -0.2) is 4.98 Å². The number of aromatic nitrogens is 1. The lowest BCUT2D eigenvalue weighted by Crippen LogP contribution is -2.11. The van der Waals surface area contributed by atoms with Gasteiger partial charge in [-0.3, -0.25) is 10.1 Å². The molecule has 4 aromatic rings. The molecule has 0 radical (unpaired) electrons. The molecule has 30 heavy (non-hydrogen) atoms. The third kappa shape index (κ3) is 4.50. The number of anilines is 1. The number of nitrogens with zero attached hydrogens (tertiary/aromatic N) is 1. The maximum atomic E-state index is 12.6. The van der Waals surface area contributed by atoms with E-state index in [2.05, 4.69) is 48.6 Å². The molecule has 0 aliphatic rings. The van der Waals surface area contributed by atoms with E-state index in [-0.39, 0.29) is 5.91 Å². The summed E-state index contributed by atoms with van der Waals surface area (Å²) in [5, 5.41) is 3.63. The van der Waals surface area contributed by atoms with Crippen molar-refractivity contribution < 1.29 is 4.79 Å². The zero-order valence-corrected chi connectivity index (χ0v) is 18.0. The van der Waals surface area contributed by atoms with Crippen molar-refractivity contribution in [3.8, 4) is 22.4 Å². The Hall–Kier alpha value is -3.24. The van der Waals surface area contributed by atoms with Gasteiger partial charge in [0.1, 0.15) is 0 Å². The zero-order chi connectivity index (χ0) is 20.9. The van der Waals surface area contributed by atoms with E-state index in [4.69, 9.17) is 4.98 Å². The molecule has 4 rings (SSSR count). The Balaban J connectivity index is 1.60. The summed E-state index contributed by atoms with van der Waals surface area (Å²) in [6.07, 6.45) is 1.97. The Morgan fingerprint density at radius 3 is 2.30 bits per heavy atom. The monoisotopic (exact) mass is 412 g/mol. The molecule has 0 bridgehead atoms. The molecule has 150 valence electrons. The summed E-state index contributed by atoms with van der Waals surface area (Å²) >= 11 is 1.56. The number of aryl methyl sites for hydroxylation is 2. The molecular weight excluding hydrogens is 388 g/mol. The van der Waals surface area contributed by atoms with E-state index in [1.165, 1.54) is 16.0 Å². The van der Waals surface area contributed by atoms with Crippen LogP contribution in [0.15, 0.2) is 78.9 Å². The second-order valence-corrected chi connectivity index (χ2v) is 8.39. The minimum absolute atomic E-state index is 0.124. The van der Waals surface area contributed by atoms with Crippen LogP contribution in [-0.2, 0) is 6.42 Å². The molecular formula is C26H24N2OS. The van der Waals surface area contributed by atoms with Gasteiger partial charge >= 0.3 is 0 Å². The minimum atomic E-state index is -0.124. The quantitative estimate of drug-likeness (QED) is 0.371. The van der Waals surface area contributed by atoms with Crippen LogP contribution >= 0.6 is 11.3 Å². The van der Waals surface area contributed by atoms with Crippen molar-refractivity contribution >= 4 is 22.4 Å². The first-order chi connectivity index (χ1) is 14.6. The SMILES string of the molecule is CCCc1sc(NC(=O)c2cccc(C)c2)nc1-c1ccc(-c2ccccc2)cc1. The van der Waals surface area contributed by atoms with Crippen LogP contribution in [-0.4, -0.2) is 10.9 Å². The fraction of sp³-hybridized carbons (Fsp3) is 0.154. The number of benzene rings is 3. The molecule has 3 nitrogen and oxygen atoms in total. The van der Waals surface area contributed by atoms with E-state index in [0.29, 0.717) is 10.7 Å². The predicted molar refractivity (Wildman–Crippen MR) is 126 cm³/mol. The molecule has 0 aliphatic carbocycles. The van der Waals surface area contributed by atoms with Gasteiger partial charge in [-0.05, 0) is 36.6 Å². The van der Waals surface area contributed by atoms with Crippen LogP contribution < -0.4 is 5.32 Å². The molecule has 4 heteroatoms. The van der Waals surface area contributed by atoms with Crippen LogP contribution in [0.25, 0.3) is 22.4 Å². The van der Waals surface area contributed by atoms with E-state index in [9.17, 15) is 4.79 Å². The van der Waals surface area contributed by atoms with E-state index in [0.717, 1.165) is 29.7 Å². The van der Waals surface area contributed by atoms with Crippen molar-refractivity contribution in [3.05, 3.63) is 94.9 Å². The number of carbonyl (C=O) groups excluding carboxylic acids is 1. The molecule has 0 fully saturated rings. The average molecular weight is 413 g/mol. The number of nitrogens with one attached hydrogen (secondary N) is 1. The first-order valence-electron chi connectivity index (χ1n) is 10.2. The summed E-state index contributed by atoms with van der Waals surface area (Å²) in [6.45, 7) is 4.14. The van der Waals surface area contributed by atoms with E-state index in [1.807, 2.05) is 49.4 Å². The molecule has 0 aliphatic heterocycles. The van der Waals surface area contributed by atoms with Gasteiger partial charge in [-0.2, -0.15) is 0 Å². The normalized spacial score (nSPS) is 10.7. The summed E-state index contributed by atoms with van der Waals surface area (Å²) in [4.78, 5) is 18.6. The third-order valence-electron chi connectivity index (χ3n) is 4.94. The highest BCUT2D eigenvalue weighted by molar-refractivity contribution is 7.16. The second-order valence-electron chi connectivity index (χ2n) is 7.31. The van der Waals surface area contributed by atoms with E-state index < -0.39 is 0 Å². The molecule has 0 atom stereocenters. The van der Waals surface area contributed by atoms with Crippen LogP contribution in [0.4, 0.5) is 5.13 Å². The van der Waals surface area contributed by atoms with Gasteiger partial charge in [-0.15, -0.1) is 11.3 Å². The highest BCUT2D eigenvalue weighted by Gasteiger charge is 2.15. The van der Waals surface area contributed by atoms with Crippen molar-refractivity contribution in [1.29, 1.82) is 0 Å². The molecule has 0 spiro atoms. The number of carbonyl (C=O) groups is 1. The fourth-order valence-electron chi connectivity index (χ4n) is 3.43. The largest absolute Gasteiger partial charge is 0.298 e. The molecule has 1 N–H and O–H groups in total. The highest BCUT2D eigenvalue weighted by atomic mass is 32.1.